The van der Waals surface area contributed by atoms with Gasteiger partial charge in [0.1, 0.15) is 5.69 Å². The van der Waals surface area contributed by atoms with E-state index < -0.39 is 0 Å². The predicted molar refractivity (Wildman–Crippen MR) is 93.5 cm³/mol. The minimum atomic E-state index is 0.742. The van der Waals surface area contributed by atoms with Crippen LogP contribution in [0.4, 0.5) is 0 Å². The molecule has 0 saturated heterocycles. The first-order chi connectivity index (χ1) is 11.7. The van der Waals surface area contributed by atoms with Crippen molar-refractivity contribution in [3.8, 4) is 22.2 Å². The van der Waals surface area contributed by atoms with E-state index in [1.54, 1.807) is 16.1 Å². The van der Waals surface area contributed by atoms with Crippen LogP contribution in [0.25, 0.3) is 22.2 Å². The molecule has 0 unspecified atom stereocenters. The number of hydrogen-bond acceptors (Lipinski definition) is 4. The Labute approximate surface area is 143 Å². The number of benzene rings is 2. The molecule has 0 fully saturated rings. The third kappa shape index (κ3) is 2.61. The first-order valence-corrected chi connectivity index (χ1v) is 8.49. The van der Waals surface area contributed by atoms with Gasteiger partial charge in [-0.25, -0.2) is 4.98 Å². The zero-order valence-corrected chi connectivity index (χ0v) is 14.2. The van der Waals surface area contributed by atoms with Crippen molar-refractivity contribution in [1.29, 1.82) is 0 Å². The summed E-state index contributed by atoms with van der Waals surface area (Å²) in [6.45, 7) is 4.09. The van der Waals surface area contributed by atoms with Crippen LogP contribution in [0.1, 0.15) is 10.6 Å². The SMILES string of the molecule is Cc1nc(-c2nn(-c3ccccc3)n[n+]2-c2ccccc2)sc1C. The van der Waals surface area contributed by atoms with Crippen molar-refractivity contribution < 1.29 is 4.68 Å². The fourth-order valence-electron chi connectivity index (χ4n) is 2.39. The second-order valence-corrected chi connectivity index (χ2v) is 6.65. The van der Waals surface area contributed by atoms with Crippen molar-refractivity contribution in [2.75, 3.05) is 0 Å². The van der Waals surface area contributed by atoms with Gasteiger partial charge in [0.15, 0.2) is 10.7 Å². The van der Waals surface area contributed by atoms with Crippen LogP contribution in [-0.2, 0) is 0 Å². The van der Waals surface area contributed by atoms with E-state index in [4.69, 9.17) is 5.10 Å². The Morgan fingerprint density at radius 1 is 0.917 bits per heavy atom. The van der Waals surface area contributed by atoms with Crippen molar-refractivity contribution in [3.63, 3.8) is 0 Å². The molecule has 0 amide bonds. The molecule has 0 spiro atoms. The number of hydrogen-bond donors (Lipinski definition) is 0. The van der Waals surface area contributed by atoms with E-state index in [0.717, 1.165) is 27.9 Å². The largest absolute Gasteiger partial charge is 0.364 e. The maximum absolute atomic E-state index is 4.70. The zero-order valence-electron chi connectivity index (χ0n) is 13.4. The molecule has 2 aromatic carbocycles. The monoisotopic (exact) mass is 334 g/mol. The molecule has 4 rings (SSSR count). The highest BCUT2D eigenvalue weighted by molar-refractivity contribution is 7.15. The number of thiazole rings is 1. The van der Waals surface area contributed by atoms with Crippen molar-refractivity contribution in [1.82, 2.24) is 20.1 Å². The highest BCUT2D eigenvalue weighted by atomic mass is 32.1. The van der Waals surface area contributed by atoms with Crippen LogP contribution >= 0.6 is 11.3 Å². The van der Waals surface area contributed by atoms with Gasteiger partial charge in [0.05, 0.1) is 16.0 Å². The van der Waals surface area contributed by atoms with Gasteiger partial charge in [-0.05, 0) is 38.1 Å². The summed E-state index contributed by atoms with van der Waals surface area (Å²) in [5, 5.41) is 10.2. The van der Waals surface area contributed by atoms with Gasteiger partial charge in [0, 0.05) is 9.67 Å². The van der Waals surface area contributed by atoms with E-state index in [1.807, 2.05) is 72.3 Å². The Morgan fingerprint density at radius 3 is 2.21 bits per heavy atom. The topological polar surface area (TPSA) is 47.5 Å². The quantitative estimate of drug-likeness (QED) is 0.540. The molecule has 2 aromatic heterocycles. The second kappa shape index (κ2) is 5.98. The molecule has 0 N–H and O–H groups in total. The summed E-state index contributed by atoms with van der Waals surface area (Å²) in [4.78, 5) is 7.50. The average molecular weight is 334 g/mol. The normalized spacial score (nSPS) is 10.9. The lowest BCUT2D eigenvalue weighted by molar-refractivity contribution is -0.651. The van der Waals surface area contributed by atoms with E-state index >= 15 is 0 Å². The minimum Gasteiger partial charge on any atom is -0.235 e. The predicted octanol–water partition coefficient (Wildman–Crippen LogP) is 3.28. The van der Waals surface area contributed by atoms with E-state index in [1.165, 1.54) is 4.88 Å². The molecule has 5 nitrogen and oxygen atoms in total. The smallest absolute Gasteiger partial charge is 0.235 e. The molecule has 0 radical (unpaired) electrons. The van der Waals surface area contributed by atoms with Crippen molar-refractivity contribution in [2.24, 2.45) is 0 Å². The van der Waals surface area contributed by atoms with E-state index in [9.17, 15) is 0 Å². The van der Waals surface area contributed by atoms with Crippen LogP contribution in [-0.4, -0.2) is 20.1 Å². The van der Waals surface area contributed by atoms with Crippen LogP contribution in [0.5, 0.6) is 0 Å². The summed E-state index contributed by atoms with van der Waals surface area (Å²) in [6.07, 6.45) is 0. The lowest BCUT2D eigenvalue weighted by Crippen LogP contribution is -2.35. The number of aromatic nitrogens is 5. The van der Waals surface area contributed by atoms with E-state index in [-0.39, 0.29) is 0 Å². The Balaban J connectivity index is 1.92. The highest BCUT2D eigenvalue weighted by Crippen LogP contribution is 2.24. The molecule has 0 bridgehead atoms. The zero-order chi connectivity index (χ0) is 16.5. The highest BCUT2D eigenvalue weighted by Gasteiger charge is 2.26. The Morgan fingerprint density at radius 2 is 1.58 bits per heavy atom. The number of tetrazole rings is 1. The number of nitrogens with zero attached hydrogens (tertiary/aromatic N) is 5. The van der Waals surface area contributed by atoms with Crippen molar-refractivity contribution in [3.05, 3.63) is 71.2 Å². The molecular weight excluding hydrogens is 318 g/mol. The number of rotatable bonds is 3. The van der Waals surface area contributed by atoms with E-state index in [0.29, 0.717) is 0 Å². The van der Waals surface area contributed by atoms with Gasteiger partial charge in [-0.3, -0.25) is 0 Å². The molecule has 0 aliphatic carbocycles. The fourth-order valence-corrected chi connectivity index (χ4v) is 3.28. The molecule has 24 heavy (non-hydrogen) atoms. The van der Waals surface area contributed by atoms with Gasteiger partial charge < -0.3 is 0 Å². The van der Waals surface area contributed by atoms with Gasteiger partial charge >= 0.3 is 5.82 Å². The summed E-state index contributed by atoms with van der Waals surface area (Å²) < 4.78 is 1.84. The Hall–Kier alpha value is -2.86. The number of para-hydroxylation sites is 2. The molecule has 2 heterocycles. The van der Waals surface area contributed by atoms with Gasteiger partial charge in [-0.15, -0.1) is 11.3 Å². The summed E-state index contributed by atoms with van der Waals surface area (Å²) in [5.74, 6) is 0.742. The van der Waals surface area contributed by atoms with Crippen LogP contribution < -0.4 is 4.68 Å². The summed E-state index contributed by atoms with van der Waals surface area (Å²) in [7, 11) is 0. The summed E-state index contributed by atoms with van der Waals surface area (Å²) in [6, 6.07) is 19.9. The molecule has 118 valence electrons. The molecule has 0 saturated carbocycles. The minimum absolute atomic E-state index is 0.742. The van der Waals surface area contributed by atoms with Crippen LogP contribution in [0.2, 0.25) is 0 Å². The molecule has 6 heteroatoms. The first kappa shape index (κ1) is 14.7. The Kier molecular flexibility index (Phi) is 3.66. The third-order valence-electron chi connectivity index (χ3n) is 3.77. The van der Waals surface area contributed by atoms with Gasteiger partial charge in [-0.1, -0.05) is 41.1 Å². The van der Waals surface area contributed by atoms with Crippen molar-refractivity contribution in [2.45, 2.75) is 13.8 Å². The average Bonchev–Trinajstić information content (AvgIpc) is 3.21. The van der Waals surface area contributed by atoms with Gasteiger partial charge in [0.2, 0.25) is 0 Å². The van der Waals surface area contributed by atoms with E-state index in [2.05, 4.69) is 17.1 Å². The molecule has 4 aromatic rings. The third-order valence-corrected chi connectivity index (χ3v) is 4.84. The molecule has 0 aliphatic heterocycles. The maximum atomic E-state index is 4.70. The maximum Gasteiger partial charge on any atom is 0.364 e. The lowest BCUT2D eigenvalue weighted by atomic mass is 10.3. The molecule has 0 aliphatic rings. The standard InChI is InChI=1S/C18H16N5S/c1-13-14(2)24-18(19-13)17-20-23(16-11-7-4-8-12-16)21-22(17)15-9-5-3-6-10-15/h3-12H,1-2H3/q+1. The summed E-state index contributed by atoms with van der Waals surface area (Å²) >= 11 is 1.64. The van der Waals surface area contributed by atoms with Crippen LogP contribution in [0.3, 0.4) is 0 Å². The van der Waals surface area contributed by atoms with Gasteiger partial charge in [0.25, 0.3) is 0 Å². The lowest BCUT2D eigenvalue weighted by Gasteiger charge is -1.94. The Bertz CT molecular complexity index is 954. The van der Waals surface area contributed by atoms with Crippen LogP contribution in [0, 0.1) is 13.8 Å². The first-order valence-electron chi connectivity index (χ1n) is 7.67. The molecule has 0 atom stereocenters. The summed E-state index contributed by atoms with van der Waals surface area (Å²) in [5.41, 5.74) is 2.91. The second-order valence-electron chi connectivity index (χ2n) is 5.45. The fraction of sp³-hybridized carbons (Fsp3) is 0.111. The van der Waals surface area contributed by atoms with Crippen LogP contribution in [0.15, 0.2) is 60.7 Å². The van der Waals surface area contributed by atoms with Crippen molar-refractivity contribution >= 4 is 11.3 Å². The van der Waals surface area contributed by atoms with Gasteiger partial charge in [-0.2, -0.15) is 0 Å². The molecular formula is C18H16N5S+. The number of aryl methyl sites for hydroxylation is 2.